The molecule has 2 fully saturated rings. The molecule has 3 aromatic rings. The number of carbonyl (C=O) groups is 4. The van der Waals surface area contributed by atoms with Crippen molar-refractivity contribution >= 4 is 34.7 Å². The molecule has 0 atom stereocenters. The molecule has 2 aliphatic heterocycles. The van der Waals surface area contributed by atoms with Crippen LogP contribution in [0.25, 0.3) is 11.0 Å². The maximum atomic E-state index is 12.7. The van der Waals surface area contributed by atoms with Gasteiger partial charge in [0.2, 0.25) is 5.91 Å². The molecule has 5 rings (SSSR count). The minimum absolute atomic E-state index is 0.146. The molecule has 2 saturated heterocycles. The van der Waals surface area contributed by atoms with Crippen LogP contribution in [-0.2, 0) is 32.2 Å². The van der Waals surface area contributed by atoms with Crippen LogP contribution in [0.3, 0.4) is 0 Å². The number of fused-ring (bicyclic) bond motifs is 1. The van der Waals surface area contributed by atoms with Gasteiger partial charge < -0.3 is 34.0 Å². The van der Waals surface area contributed by atoms with Gasteiger partial charge in [0.15, 0.2) is 5.78 Å². The Morgan fingerprint density at radius 1 is 0.791 bits per heavy atom. The number of hydrogen-bond donors (Lipinski definition) is 0. The molecule has 0 unspecified atom stereocenters. The largest absolute Gasteiger partial charge is 0.545 e. The van der Waals surface area contributed by atoms with E-state index in [1.165, 1.54) is 0 Å². The number of para-hydroxylation sites is 2. The molecular weight excluding hydrogens is 554 g/mol. The second kappa shape index (κ2) is 15.7. The van der Waals surface area contributed by atoms with Crippen LogP contribution in [0.4, 0.5) is 0 Å². The highest BCUT2D eigenvalue weighted by Crippen LogP contribution is 2.19. The number of ether oxygens (including phenoxy) is 1. The summed E-state index contributed by atoms with van der Waals surface area (Å²) in [5, 5.41) is 18.8. The highest BCUT2D eigenvalue weighted by atomic mass is 16.5. The molecule has 12 nitrogen and oxygen atoms in total. The summed E-state index contributed by atoms with van der Waals surface area (Å²) < 4.78 is 7.55. The number of aryl methyl sites for hydroxylation is 1. The van der Waals surface area contributed by atoms with Crippen molar-refractivity contribution in [3.05, 3.63) is 78.1 Å². The van der Waals surface area contributed by atoms with E-state index in [1.807, 2.05) is 53.4 Å². The molecule has 2 aliphatic rings. The first kappa shape index (κ1) is 31.5. The number of Topliss-reactive ketones (excluding diaryl/α,β-unsaturated/α-hetero) is 1. The Hall–Kier alpha value is -4.39. The fraction of sp³-hybridized carbons (Fsp3) is 0.387. The zero-order valence-corrected chi connectivity index (χ0v) is 23.9. The minimum atomic E-state index is -1.55. The Labute approximate surface area is 249 Å². The van der Waals surface area contributed by atoms with Gasteiger partial charge >= 0.3 is 0 Å². The van der Waals surface area contributed by atoms with Crippen LogP contribution in [0.2, 0.25) is 0 Å². The zero-order chi connectivity index (χ0) is 30.6. The quantitative estimate of drug-likeness (QED) is 0.220. The summed E-state index contributed by atoms with van der Waals surface area (Å²) in [6, 6.07) is 17.6. The van der Waals surface area contributed by atoms with Crippen molar-refractivity contribution in [3.8, 4) is 0 Å². The van der Waals surface area contributed by atoms with Crippen LogP contribution in [0, 0.1) is 0 Å². The normalized spacial score (nSPS) is 16.1. The van der Waals surface area contributed by atoms with Gasteiger partial charge in [0.1, 0.15) is 5.82 Å². The average molecular weight is 590 g/mol. The number of carbonyl (C=O) groups excluding carboxylic acids is 4. The molecule has 1 aromatic heterocycles. The number of benzene rings is 2. The molecule has 43 heavy (non-hydrogen) atoms. The van der Waals surface area contributed by atoms with E-state index in [0.29, 0.717) is 58.0 Å². The number of ketones is 1. The van der Waals surface area contributed by atoms with Crippen molar-refractivity contribution in [2.45, 2.75) is 19.5 Å². The predicted octanol–water partition coefficient (Wildman–Crippen LogP) is -0.672. The third-order valence-corrected chi connectivity index (χ3v) is 7.30. The fourth-order valence-electron chi connectivity index (χ4n) is 5.02. The first-order chi connectivity index (χ1) is 20.8. The van der Waals surface area contributed by atoms with Crippen molar-refractivity contribution < 1.29 is 34.1 Å². The lowest BCUT2D eigenvalue weighted by atomic mass is 10.1. The first-order valence-corrected chi connectivity index (χ1v) is 14.2. The van der Waals surface area contributed by atoms with Crippen LogP contribution in [0.1, 0.15) is 22.6 Å². The van der Waals surface area contributed by atoms with Crippen LogP contribution in [0.5, 0.6) is 0 Å². The number of nitrogens with zero attached hydrogens (tertiary/aromatic N) is 5. The lowest BCUT2D eigenvalue weighted by Gasteiger charge is -2.35. The SMILES string of the molecule is O=C(CCn1c(CN2CCN(CC(=O)N3CCOCC3)CC2)nc2ccccc21)c1ccccc1.O=C([O-])C=CC(=O)[O-]. The summed E-state index contributed by atoms with van der Waals surface area (Å²) in [5.41, 5.74) is 2.78. The van der Waals surface area contributed by atoms with E-state index < -0.39 is 11.9 Å². The number of morpholine rings is 1. The third kappa shape index (κ3) is 9.57. The van der Waals surface area contributed by atoms with E-state index in [0.717, 1.165) is 55.1 Å². The number of carboxylic acid groups (broad SMARTS) is 2. The Bertz CT molecular complexity index is 1410. The van der Waals surface area contributed by atoms with Gasteiger partial charge in [-0.3, -0.25) is 19.4 Å². The number of rotatable bonds is 10. The minimum Gasteiger partial charge on any atom is -0.545 e. The molecule has 2 aromatic carbocycles. The topological polar surface area (TPSA) is 151 Å². The number of aliphatic carboxylic acids is 2. The van der Waals surface area contributed by atoms with Crippen molar-refractivity contribution in [2.24, 2.45) is 0 Å². The maximum Gasteiger partial charge on any atom is 0.236 e. The van der Waals surface area contributed by atoms with Gasteiger partial charge in [-0.1, -0.05) is 42.5 Å². The van der Waals surface area contributed by atoms with Crippen LogP contribution >= 0.6 is 0 Å². The first-order valence-electron chi connectivity index (χ1n) is 14.2. The van der Waals surface area contributed by atoms with Gasteiger partial charge in [0, 0.05) is 57.8 Å². The molecule has 3 heterocycles. The fourth-order valence-corrected chi connectivity index (χ4v) is 5.02. The second-order valence-corrected chi connectivity index (χ2v) is 10.2. The van der Waals surface area contributed by atoms with Crippen LogP contribution in [-0.4, -0.2) is 107 Å². The summed E-state index contributed by atoms with van der Waals surface area (Å²) >= 11 is 0. The zero-order valence-electron chi connectivity index (χ0n) is 23.9. The second-order valence-electron chi connectivity index (χ2n) is 10.2. The van der Waals surface area contributed by atoms with Gasteiger partial charge in [0.25, 0.3) is 0 Å². The van der Waals surface area contributed by atoms with E-state index in [9.17, 15) is 29.4 Å². The van der Waals surface area contributed by atoms with Crippen molar-refractivity contribution in [3.63, 3.8) is 0 Å². The van der Waals surface area contributed by atoms with E-state index in [-0.39, 0.29) is 11.7 Å². The molecular formula is C31H35N5O7-2. The van der Waals surface area contributed by atoms with E-state index in [1.54, 1.807) is 0 Å². The summed E-state index contributed by atoms with van der Waals surface area (Å²) in [7, 11) is 0. The standard InChI is InChI=1S/C27H33N5O3.C4H4O4/c33-25(22-6-2-1-3-7-22)10-11-32-24-9-5-4-8-23(24)28-26(32)20-29-12-14-30(15-13-29)21-27(34)31-16-18-35-19-17-31;5-3(6)1-2-4(7)8/h1-9H,10-21H2;1-2H,(H,5,6)(H,7,8)/p-2. The molecule has 1 amide bonds. The Morgan fingerprint density at radius 2 is 1.40 bits per heavy atom. The Balaban J connectivity index is 0.000000467. The molecule has 12 heteroatoms. The maximum absolute atomic E-state index is 12.7. The van der Waals surface area contributed by atoms with E-state index in [4.69, 9.17) is 9.72 Å². The highest BCUT2D eigenvalue weighted by molar-refractivity contribution is 5.96. The summed E-state index contributed by atoms with van der Waals surface area (Å²) in [4.78, 5) is 55.6. The lowest BCUT2D eigenvalue weighted by molar-refractivity contribution is -0.301. The van der Waals surface area contributed by atoms with Crippen molar-refractivity contribution in [1.29, 1.82) is 0 Å². The number of amides is 1. The molecule has 0 bridgehead atoms. The number of hydrogen-bond acceptors (Lipinski definition) is 10. The molecule has 0 N–H and O–H groups in total. The number of carboxylic acids is 2. The molecule has 228 valence electrons. The van der Waals surface area contributed by atoms with Gasteiger partial charge in [-0.2, -0.15) is 0 Å². The predicted molar refractivity (Wildman–Crippen MR) is 153 cm³/mol. The smallest absolute Gasteiger partial charge is 0.236 e. The van der Waals surface area contributed by atoms with Gasteiger partial charge in [0.05, 0.1) is 49.3 Å². The Morgan fingerprint density at radius 3 is 2.05 bits per heavy atom. The van der Waals surface area contributed by atoms with E-state index in [2.05, 4.69) is 20.4 Å². The average Bonchev–Trinajstić information content (AvgIpc) is 3.37. The van der Waals surface area contributed by atoms with Crippen LogP contribution in [0.15, 0.2) is 66.7 Å². The van der Waals surface area contributed by atoms with E-state index >= 15 is 0 Å². The van der Waals surface area contributed by atoms with Crippen LogP contribution < -0.4 is 10.2 Å². The van der Waals surface area contributed by atoms with Crippen molar-refractivity contribution in [1.82, 2.24) is 24.3 Å². The van der Waals surface area contributed by atoms with Crippen molar-refractivity contribution in [2.75, 3.05) is 59.0 Å². The molecule has 0 saturated carbocycles. The van der Waals surface area contributed by atoms with Gasteiger partial charge in [-0.15, -0.1) is 0 Å². The number of imidazole rings is 1. The summed E-state index contributed by atoms with van der Waals surface area (Å²) in [6.45, 7) is 8.00. The number of piperazine rings is 1. The molecule has 0 spiro atoms. The van der Waals surface area contributed by atoms with Gasteiger partial charge in [-0.05, 0) is 24.3 Å². The third-order valence-electron chi connectivity index (χ3n) is 7.30. The highest BCUT2D eigenvalue weighted by Gasteiger charge is 2.24. The Kier molecular flexibility index (Phi) is 11.5. The number of aromatic nitrogens is 2. The lowest BCUT2D eigenvalue weighted by Crippen LogP contribution is -2.51. The molecule has 0 aliphatic carbocycles. The monoisotopic (exact) mass is 589 g/mol. The summed E-state index contributed by atoms with van der Waals surface area (Å²) in [5.74, 6) is -1.76. The molecule has 0 radical (unpaired) electrons. The summed E-state index contributed by atoms with van der Waals surface area (Å²) in [6.07, 6.45) is 1.21. The van der Waals surface area contributed by atoms with Gasteiger partial charge in [-0.25, -0.2) is 4.98 Å².